The standard InChI is InChI=1S/C11H22N2O2S/c1-16(14,15)11-4-2-3-10(7-11)13-6-5-9(12)8-13/h9-11H,2-8,12H2,1H3/t9-,10?,11?/m1/s1. The molecule has 2 N–H and O–H groups in total. The maximum atomic E-state index is 11.6. The fourth-order valence-electron chi connectivity index (χ4n) is 2.99. The monoisotopic (exact) mass is 246 g/mol. The van der Waals surface area contributed by atoms with Gasteiger partial charge in [-0.1, -0.05) is 6.42 Å². The second-order valence-electron chi connectivity index (χ2n) is 5.32. The summed E-state index contributed by atoms with van der Waals surface area (Å²) in [4.78, 5) is 2.39. The summed E-state index contributed by atoms with van der Waals surface area (Å²) in [6.45, 7) is 1.99. The topological polar surface area (TPSA) is 63.4 Å². The summed E-state index contributed by atoms with van der Waals surface area (Å²) >= 11 is 0. The molecule has 0 aromatic heterocycles. The van der Waals surface area contributed by atoms with Gasteiger partial charge in [0.15, 0.2) is 0 Å². The Balaban J connectivity index is 1.97. The van der Waals surface area contributed by atoms with E-state index in [4.69, 9.17) is 5.73 Å². The Hall–Kier alpha value is -0.130. The van der Waals surface area contributed by atoms with Crippen molar-refractivity contribution in [3.8, 4) is 0 Å². The van der Waals surface area contributed by atoms with Gasteiger partial charge in [0.1, 0.15) is 9.84 Å². The Bertz CT molecular complexity index is 342. The number of sulfone groups is 1. The third-order valence-corrected chi connectivity index (χ3v) is 5.62. The van der Waals surface area contributed by atoms with Gasteiger partial charge in [-0.25, -0.2) is 8.42 Å². The van der Waals surface area contributed by atoms with Crippen molar-refractivity contribution in [2.45, 2.75) is 49.4 Å². The summed E-state index contributed by atoms with van der Waals surface area (Å²) in [5.74, 6) is 0. The van der Waals surface area contributed by atoms with E-state index >= 15 is 0 Å². The highest BCUT2D eigenvalue weighted by molar-refractivity contribution is 7.91. The summed E-state index contributed by atoms with van der Waals surface area (Å²) in [5, 5.41) is -0.122. The van der Waals surface area contributed by atoms with E-state index < -0.39 is 9.84 Å². The highest BCUT2D eigenvalue weighted by atomic mass is 32.2. The molecule has 0 radical (unpaired) electrons. The van der Waals surface area contributed by atoms with Crippen LogP contribution in [-0.2, 0) is 9.84 Å². The third-order valence-electron chi connectivity index (χ3n) is 3.98. The van der Waals surface area contributed by atoms with E-state index in [1.165, 1.54) is 6.26 Å². The molecule has 1 saturated heterocycles. The van der Waals surface area contributed by atoms with Crippen molar-refractivity contribution in [1.82, 2.24) is 4.90 Å². The zero-order chi connectivity index (χ0) is 11.8. The number of likely N-dealkylation sites (tertiary alicyclic amines) is 1. The first-order valence-corrected chi connectivity index (χ1v) is 8.11. The Kier molecular flexibility index (Phi) is 3.56. The smallest absolute Gasteiger partial charge is 0.150 e. The van der Waals surface area contributed by atoms with Crippen molar-refractivity contribution in [3.05, 3.63) is 0 Å². The molecule has 1 saturated carbocycles. The summed E-state index contributed by atoms with van der Waals surface area (Å²) < 4.78 is 23.1. The maximum absolute atomic E-state index is 11.6. The van der Waals surface area contributed by atoms with Crippen molar-refractivity contribution in [1.29, 1.82) is 0 Å². The zero-order valence-corrected chi connectivity index (χ0v) is 10.7. The van der Waals surface area contributed by atoms with Gasteiger partial charge in [0, 0.05) is 31.4 Å². The molecule has 0 aromatic carbocycles. The normalized spacial score (nSPS) is 37.8. The lowest BCUT2D eigenvalue weighted by molar-refractivity contribution is 0.190. The van der Waals surface area contributed by atoms with Gasteiger partial charge in [-0.15, -0.1) is 0 Å². The Morgan fingerprint density at radius 3 is 2.56 bits per heavy atom. The lowest BCUT2D eigenvalue weighted by atomic mass is 9.94. The molecule has 2 fully saturated rings. The number of hydrogen-bond acceptors (Lipinski definition) is 4. The Morgan fingerprint density at radius 1 is 1.25 bits per heavy atom. The molecule has 0 spiro atoms. The summed E-state index contributed by atoms with van der Waals surface area (Å²) in [5.41, 5.74) is 5.89. The largest absolute Gasteiger partial charge is 0.326 e. The Labute approximate surface area is 98.1 Å². The molecule has 1 heterocycles. The van der Waals surface area contributed by atoms with Crippen LogP contribution in [0.4, 0.5) is 0 Å². The number of nitrogens with zero attached hydrogens (tertiary/aromatic N) is 1. The molecule has 5 heteroatoms. The fraction of sp³-hybridized carbons (Fsp3) is 1.00. The van der Waals surface area contributed by atoms with E-state index in [2.05, 4.69) is 4.90 Å². The van der Waals surface area contributed by atoms with Crippen LogP contribution in [0.1, 0.15) is 32.1 Å². The molecular formula is C11H22N2O2S. The van der Waals surface area contributed by atoms with Crippen LogP contribution in [0.2, 0.25) is 0 Å². The quantitative estimate of drug-likeness (QED) is 0.765. The number of rotatable bonds is 2. The average Bonchev–Trinajstić information content (AvgIpc) is 2.64. The van der Waals surface area contributed by atoms with Crippen LogP contribution in [0.15, 0.2) is 0 Å². The summed E-state index contributed by atoms with van der Waals surface area (Å²) in [6.07, 6.45) is 6.25. The van der Waals surface area contributed by atoms with Gasteiger partial charge in [0.05, 0.1) is 5.25 Å². The molecule has 2 rings (SSSR count). The van der Waals surface area contributed by atoms with Gasteiger partial charge in [0.2, 0.25) is 0 Å². The van der Waals surface area contributed by atoms with E-state index in [1.807, 2.05) is 0 Å². The van der Waals surface area contributed by atoms with Gasteiger partial charge in [-0.05, 0) is 25.7 Å². The highest BCUT2D eigenvalue weighted by Crippen LogP contribution is 2.29. The average molecular weight is 246 g/mol. The predicted molar refractivity (Wildman–Crippen MR) is 65.1 cm³/mol. The molecule has 0 amide bonds. The van der Waals surface area contributed by atoms with Crippen LogP contribution in [0, 0.1) is 0 Å². The molecule has 3 atom stereocenters. The molecular weight excluding hydrogens is 224 g/mol. The maximum Gasteiger partial charge on any atom is 0.150 e. The van der Waals surface area contributed by atoms with Gasteiger partial charge in [-0.2, -0.15) is 0 Å². The Morgan fingerprint density at radius 2 is 2.00 bits per heavy atom. The molecule has 1 aliphatic carbocycles. The molecule has 16 heavy (non-hydrogen) atoms. The van der Waals surface area contributed by atoms with Gasteiger partial charge >= 0.3 is 0 Å². The fourth-order valence-corrected chi connectivity index (χ4v) is 4.15. The lowest BCUT2D eigenvalue weighted by Crippen LogP contribution is -2.41. The number of hydrogen-bond donors (Lipinski definition) is 1. The van der Waals surface area contributed by atoms with Crippen molar-refractivity contribution in [2.75, 3.05) is 19.3 Å². The summed E-state index contributed by atoms with van der Waals surface area (Å²) in [6, 6.07) is 0.737. The predicted octanol–water partition coefficient (Wildman–Crippen LogP) is 0.375. The first-order chi connectivity index (χ1) is 7.47. The van der Waals surface area contributed by atoms with Crippen LogP contribution in [0.25, 0.3) is 0 Å². The molecule has 0 bridgehead atoms. The third kappa shape index (κ3) is 2.76. The first kappa shape index (κ1) is 12.3. The summed E-state index contributed by atoms with van der Waals surface area (Å²) in [7, 11) is -2.86. The second-order valence-corrected chi connectivity index (χ2v) is 7.64. The van der Waals surface area contributed by atoms with E-state index in [-0.39, 0.29) is 5.25 Å². The van der Waals surface area contributed by atoms with Crippen molar-refractivity contribution >= 4 is 9.84 Å². The molecule has 94 valence electrons. The minimum atomic E-state index is -2.86. The van der Waals surface area contributed by atoms with Crippen LogP contribution in [0.3, 0.4) is 0 Å². The van der Waals surface area contributed by atoms with Crippen LogP contribution in [-0.4, -0.2) is 50.0 Å². The minimum absolute atomic E-state index is 0.122. The number of nitrogens with two attached hydrogens (primary N) is 1. The lowest BCUT2D eigenvalue weighted by Gasteiger charge is -2.34. The van der Waals surface area contributed by atoms with Crippen LogP contribution >= 0.6 is 0 Å². The second kappa shape index (κ2) is 4.63. The van der Waals surface area contributed by atoms with Crippen molar-refractivity contribution < 1.29 is 8.42 Å². The first-order valence-electron chi connectivity index (χ1n) is 6.15. The molecule has 0 aromatic rings. The minimum Gasteiger partial charge on any atom is -0.326 e. The highest BCUT2D eigenvalue weighted by Gasteiger charge is 2.34. The van der Waals surface area contributed by atoms with Crippen LogP contribution in [0.5, 0.6) is 0 Å². The van der Waals surface area contributed by atoms with Crippen molar-refractivity contribution in [3.63, 3.8) is 0 Å². The SMILES string of the molecule is CS(=O)(=O)C1CCCC(N2CC[C@@H](N)C2)C1. The molecule has 4 nitrogen and oxygen atoms in total. The zero-order valence-electron chi connectivity index (χ0n) is 9.93. The molecule has 2 unspecified atom stereocenters. The van der Waals surface area contributed by atoms with E-state index in [9.17, 15) is 8.42 Å². The molecule has 2 aliphatic rings. The van der Waals surface area contributed by atoms with Gasteiger partial charge in [0.25, 0.3) is 0 Å². The molecule has 1 aliphatic heterocycles. The van der Waals surface area contributed by atoms with Gasteiger partial charge < -0.3 is 5.73 Å². The van der Waals surface area contributed by atoms with E-state index in [0.29, 0.717) is 12.1 Å². The van der Waals surface area contributed by atoms with E-state index in [0.717, 1.165) is 45.2 Å². The van der Waals surface area contributed by atoms with Crippen LogP contribution < -0.4 is 5.73 Å². The van der Waals surface area contributed by atoms with Gasteiger partial charge in [-0.3, -0.25) is 4.90 Å². The van der Waals surface area contributed by atoms with Crippen molar-refractivity contribution in [2.24, 2.45) is 5.73 Å². The van der Waals surface area contributed by atoms with E-state index in [1.54, 1.807) is 0 Å².